The number of H-pyrrole nitrogens is 1. The molecule has 0 bridgehead atoms. The summed E-state index contributed by atoms with van der Waals surface area (Å²) in [6.07, 6.45) is 0. The third-order valence-electron chi connectivity index (χ3n) is 2.27. The van der Waals surface area contributed by atoms with Crippen LogP contribution < -0.4 is 0 Å². The second-order valence-corrected chi connectivity index (χ2v) is 6.20. The van der Waals surface area contributed by atoms with Crippen molar-refractivity contribution in [2.75, 3.05) is 0 Å². The smallest absolute Gasteiger partial charge is 0.148 e. The summed E-state index contributed by atoms with van der Waals surface area (Å²) in [6, 6.07) is 9.77. The lowest BCUT2D eigenvalue weighted by atomic mass is 10.3. The van der Waals surface area contributed by atoms with E-state index >= 15 is 0 Å². The molecule has 0 aliphatic carbocycles. The zero-order valence-electron chi connectivity index (χ0n) is 8.00. The number of fused-ring (bicyclic) bond motifs is 1. The number of nitrogens with one attached hydrogen (secondary N) is 1. The molecule has 0 saturated carbocycles. The highest BCUT2D eigenvalue weighted by molar-refractivity contribution is 9.11. The molecule has 2 nitrogen and oxygen atoms in total. The zero-order chi connectivity index (χ0) is 11.1. The molecular weight excluding hydrogens is 308 g/mol. The van der Waals surface area contributed by atoms with Crippen LogP contribution in [0.3, 0.4) is 0 Å². The quantitative estimate of drug-likeness (QED) is 0.692. The highest BCUT2D eigenvalue weighted by atomic mass is 79.9. The fourth-order valence-electron chi connectivity index (χ4n) is 1.56. The van der Waals surface area contributed by atoms with Crippen LogP contribution in [-0.2, 0) is 0 Å². The number of thiophene rings is 1. The maximum Gasteiger partial charge on any atom is 0.148 e. The number of hydrogen-bond acceptors (Lipinski definition) is 2. The van der Waals surface area contributed by atoms with Gasteiger partial charge in [-0.2, -0.15) is 0 Å². The summed E-state index contributed by atoms with van der Waals surface area (Å²) in [5, 5.41) is 0.677. The zero-order valence-corrected chi connectivity index (χ0v) is 11.2. The molecule has 2 aromatic heterocycles. The van der Waals surface area contributed by atoms with E-state index in [0.717, 1.165) is 25.5 Å². The summed E-state index contributed by atoms with van der Waals surface area (Å²) in [6.45, 7) is 0. The van der Waals surface area contributed by atoms with Gasteiger partial charge in [0.1, 0.15) is 11.3 Å². The van der Waals surface area contributed by atoms with Gasteiger partial charge in [-0.25, -0.2) is 4.98 Å². The maximum absolute atomic E-state index is 6.07. The third-order valence-corrected chi connectivity index (χ3v) is 4.21. The van der Waals surface area contributed by atoms with Crippen LogP contribution in [0.1, 0.15) is 0 Å². The van der Waals surface area contributed by atoms with Crippen LogP contribution in [0.25, 0.3) is 21.7 Å². The molecule has 0 unspecified atom stereocenters. The standard InChI is InChI=1S/C11H6BrClN2S/c12-9-5-4-8(16-9)11-14-7-3-1-2-6(13)10(7)15-11/h1-5H,(H,14,15). The van der Waals surface area contributed by atoms with Gasteiger partial charge in [-0.15, -0.1) is 11.3 Å². The lowest BCUT2D eigenvalue weighted by Crippen LogP contribution is -1.72. The van der Waals surface area contributed by atoms with Crippen molar-refractivity contribution in [1.29, 1.82) is 0 Å². The topological polar surface area (TPSA) is 28.7 Å². The predicted molar refractivity (Wildman–Crippen MR) is 72.1 cm³/mol. The molecule has 1 N–H and O–H groups in total. The Morgan fingerprint density at radius 1 is 1.25 bits per heavy atom. The van der Waals surface area contributed by atoms with Crippen LogP contribution in [0, 0.1) is 0 Å². The van der Waals surface area contributed by atoms with Gasteiger partial charge in [0.25, 0.3) is 0 Å². The van der Waals surface area contributed by atoms with Crippen LogP contribution in [-0.4, -0.2) is 9.97 Å². The highest BCUT2D eigenvalue weighted by Gasteiger charge is 2.09. The Morgan fingerprint density at radius 2 is 2.12 bits per heavy atom. The Morgan fingerprint density at radius 3 is 2.81 bits per heavy atom. The van der Waals surface area contributed by atoms with Gasteiger partial charge in [-0.1, -0.05) is 17.7 Å². The van der Waals surface area contributed by atoms with Gasteiger partial charge in [-0.05, 0) is 40.2 Å². The molecule has 16 heavy (non-hydrogen) atoms. The monoisotopic (exact) mass is 312 g/mol. The van der Waals surface area contributed by atoms with Crippen molar-refractivity contribution in [3.8, 4) is 10.7 Å². The minimum absolute atomic E-state index is 0.677. The van der Waals surface area contributed by atoms with Crippen molar-refractivity contribution in [3.63, 3.8) is 0 Å². The Bertz CT molecular complexity index is 659. The number of rotatable bonds is 1. The summed E-state index contributed by atoms with van der Waals surface area (Å²) in [7, 11) is 0. The van der Waals surface area contributed by atoms with Crippen molar-refractivity contribution >= 4 is 49.9 Å². The molecule has 0 radical (unpaired) electrons. The molecule has 0 aliphatic rings. The first-order chi connectivity index (χ1) is 7.74. The molecule has 0 spiro atoms. The maximum atomic E-state index is 6.07. The molecular formula is C11H6BrClN2S. The lowest BCUT2D eigenvalue weighted by molar-refractivity contribution is 1.36. The Balaban J connectivity index is 2.22. The first-order valence-corrected chi connectivity index (χ1v) is 6.63. The van der Waals surface area contributed by atoms with E-state index in [-0.39, 0.29) is 0 Å². The molecule has 2 heterocycles. The number of nitrogens with zero attached hydrogens (tertiary/aromatic N) is 1. The van der Waals surface area contributed by atoms with Gasteiger partial charge in [0, 0.05) is 0 Å². The normalized spacial score (nSPS) is 11.1. The van der Waals surface area contributed by atoms with E-state index in [2.05, 4.69) is 25.9 Å². The van der Waals surface area contributed by atoms with Crippen molar-refractivity contribution in [1.82, 2.24) is 9.97 Å². The van der Waals surface area contributed by atoms with Gasteiger partial charge in [0.2, 0.25) is 0 Å². The van der Waals surface area contributed by atoms with E-state index in [0.29, 0.717) is 5.02 Å². The number of benzene rings is 1. The van der Waals surface area contributed by atoms with Crippen molar-refractivity contribution in [2.45, 2.75) is 0 Å². The fourth-order valence-corrected chi connectivity index (χ4v) is 3.10. The minimum Gasteiger partial charge on any atom is -0.337 e. The number of imidazole rings is 1. The van der Waals surface area contributed by atoms with E-state index in [1.54, 1.807) is 11.3 Å². The van der Waals surface area contributed by atoms with Crippen LogP contribution in [0.2, 0.25) is 5.02 Å². The Labute approximate surface area is 109 Å². The first kappa shape index (κ1) is 10.3. The summed E-state index contributed by atoms with van der Waals surface area (Å²) >= 11 is 11.2. The van der Waals surface area contributed by atoms with Crippen molar-refractivity contribution in [3.05, 3.63) is 39.1 Å². The first-order valence-electron chi connectivity index (χ1n) is 4.64. The SMILES string of the molecule is Clc1cccc2[nH]c(-c3ccc(Br)s3)nc12. The van der Waals surface area contributed by atoms with Crippen LogP contribution in [0.4, 0.5) is 0 Å². The van der Waals surface area contributed by atoms with E-state index < -0.39 is 0 Å². The molecule has 0 atom stereocenters. The highest BCUT2D eigenvalue weighted by Crippen LogP contribution is 2.31. The van der Waals surface area contributed by atoms with Gasteiger partial charge >= 0.3 is 0 Å². The third kappa shape index (κ3) is 1.67. The molecule has 0 saturated heterocycles. The van der Waals surface area contributed by atoms with Crippen molar-refractivity contribution in [2.24, 2.45) is 0 Å². The predicted octanol–water partition coefficient (Wildman–Crippen LogP) is 4.71. The van der Waals surface area contributed by atoms with Crippen LogP contribution >= 0.6 is 38.9 Å². The molecule has 5 heteroatoms. The largest absolute Gasteiger partial charge is 0.337 e. The fraction of sp³-hybridized carbons (Fsp3) is 0. The second kappa shape index (κ2) is 3.87. The van der Waals surface area contributed by atoms with E-state index in [1.165, 1.54) is 0 Å². The molecule has 80 valence electrons. The molecule has 0 fully saturated rings. The minimum atomic E-state index is 0.677. The molecule has 3 rings (SSSR count). The van der Waals surface area contributed by atoms with Crippen LogP contribution in [0.5, 0.6) is 0 Å². The number of hydrogen-bond donors (Lipinski definition) is 1. The van der Waals surface area contributed by atoms with E-state index in [4.69, 9.17) is 11.6 Å². The van der Waals surface area contributed by atoms with E-state index in [1.807, 2.05) is 30.3 Å². The van der Waals surface area contributed by atoms with Gasteiger partial charge in [-0.3, -0.25) is 0 Å². The van der Waals surface area contributed by atoms with Gasteiger partial charge in [0.15, 0.2) is 0 Å². The summed E-state index contributed by atoms with van der Waals surface area (Å²) in [5.41, 5.74) is 1.79. The summed E-state index contributed by atoms with van der Waals surface area (Å²) < 4.78 is 1.09. The summed E-state index contributed by atoms with van der Waals surface area (Å²) in [4.78, 5) is 8.85. The number of halogens is 2. The average molecular weight is 314 g/mol. The second-order valence-electron chi connectivity index (χ2n) is 3.33. The van der Waals surface area contributed by atoms with Gasteiger partial charge in [0.05, 0.1) is 19.2 Å². The number of para-hydroxylation sites is 1. The molecule has 3 aromatic rings. The molecule has 1 aromatic carbocycles. The summed E-state index contributed by atoms with van der Waals surface area (Å²) in [5.74, 6) is 0.860. The lowest BCUT2D eigenvalue weighted by Gasteiger charge is -1.88. The molecule has 0 amide bonds. The van der Waals surface area contributed by atoms with Crippen LogP contribution in [0.15, 0.2) is 34.1 Å². The number of aromatic nitrogens is 2. The Hall–Kier alpha value is -0.840. The number of aromatic amines is 1. The Kier molecular flexibility index (Phi) is 2.50. The average Bonchev–Trinajstić information content (AvgIpc) is 2.84. The molecule has 0 aliphatic heterocycles. The van der Waals surface area contributed by atoms with Gasteiger partial charge < -0.3 is 4.98 Å². The van der Waals surface area contributed by atoms with Crippen molar-refractivity contribution < 1.29 is 0 Å². The van der Waals surface area contributed by atoms with E-state index in [9.17, 15) is 0 Å².